The third-order valence-electron chi connectivity index (χ3n) is 2.36. The van der Waals surface area contributed by atoms with E-state index in [0.717, 1.165) is 25.1 Å². The molecule has 2 rings (SSSR count). The monoisotopic (exact) mass is 207 g/mol. The third kappa shape index (κ3) is 2.16. The number of rotatable bonds is 2. The number of carbonyl (C=O) groups excluding carboxylic acids is 1. The minimum Gasteiger partial charge on any atom is -0.302 e. The van der Waals surface area contributed by atoms with E-state index in [1.165, 1.54) is 10.5 Å². The molecule has 1 heterocycles. The summed E-state index contributed by atoms with van der Waals surface area (Å²) in [6, 6.07) is 8.43. The molecule has 0 radical (unpaired) electrons. The molecule has 14 heavy (non-hydrogen) atoms. The van der Waals surface area contributed by atoms with Crippen molar-refractivity contribution in [3.63, 3.8) is 0 Å². The summed E-state index contributed by atoms with van der Waals surface area (Å²) in [4.78, 5) is 14.0. The Labute approximate surface area is 88.3 Å². The molecular formula is C11H13NOS. The van der Waals surface area contributed by atoms with Gasteiger partial charge in [-0.25, -0.2) is 0 Å². The van der Waals surface area contributed by atoms with E-state index >= 15 is 0 Å². The lowest BCUT2D eigenvalue weighted by Gasteiger charge is -2.16. The number of thioether (sulfide) groups is 1. The first-order chi connectivity index (χ1) is 6.90. The van der Waals surface area contributed by atoms with Crippen LogP contribution < -0.4 is 0 Å². The van der Waals surface area contributed by atoms with Gasteiger partial charge in [-0.1, -0.05) is 18.2 Å². The highest BCUT2D eigenvalue weighted by Gasteiger charge is 2.13. The molecule has 0 amide bonds. The van der Waals surface area contributed by atoms with Crippen molar-refractivity contribution >= 4 is 18.0 Å². The molecule has 0 atom stereocenters. The Bertz CT molecular complexity index is 327. The summed E-state index contributed by atoms with van der Waals surface area (Å²) >= 11 is 1.88. The van der Waals surface area contributed by atoms with Crippen molar-refractivity contribution in [1.29, 1.82) is 0 Å². The van der Waals surface area contributed by atoms with E-state index in [-0.39, 0.29) is 0 Å². The average Bonchev–Trinajstić information content (AvgIpc) is 2.40. The predicted molar refractivity (Wildman–Crippen MR) is 58.5 cm³/mol. The second kappa shape index (κ2) is 4.62. The van der Waals surface area contributed by atoms with E-state index in [1.807, 2.05) is 11.8 Å². The quantitative estimate of drug-likeness (QED) is 0.690. The number of fused-ring (bicyclic) bond motifs is 1. The van der Waals surface area contributed by atoms with Gasteiger partial charge in [0.1, 0.15) is 6.29 Å². The molecule has 1 aliphatic rings. The molecule has 0 saturated heterocycles. The lowest BCUT2D eigenvalue weighted by Crippen LogP contribution is -2.26. The molecule has 2 nitrogen and oxygen atoms in total. The normalized spacial score (nSPS) is 17.1. The highest BCUT2D eigenvalue weighted by atomic mass is 32.2. The van der Waals surface area contributed by atoms with Gasteiger partial charge in [0.05, 0.1) is 6.54 Å². The Kier molecular flexibility index (Phi) is 3.22. The van der Waals surface area contributed by atoms with Crippen molar-refractivity contribution in [2.75, 3.05) is 18.8 Å². The van der Waals surface area contributed by atoms with Crippen molar-refractivity contribution < 1.29 is 4.79 Å². The van der Waals surface area contributed by atoms with E-state index in [0.29, 0.717) is 6.54 Å². The molecule has 0 fully saturated rings. The Hall–Kier alpha value is -0.800. The maximum atomic E-state index is 10.4. The molecule has 74 valence electrons. The van der Waals surface area contributed by atoms with Crippen LogP contribution in [0.1, 0.15) is 5.56 Å². The number of carbonyl (C=O) groups is 1. The van der Waals surface area contributed by atoms with Gasteiger partial charge in [-0.3, -0.25) is 4.90 Å². The molecule has 1 aromatic carbocycles. The van der Waals surface area contributed by atoms with E-state index in [1.54, 1.807) is 0 Å². The Morgan fingerprint density at radius 1 is 1.43 bits per heavy atom. The molecule has 3 heteroatoms. The molecule has 1 aliphatic heterocycles. The first kappa shape index (κ1) is 9.74. The lowest BCUT2D eigenvalue weighted by atomic mass is 10.2. The van der Waals surface area contributed by atoms with Crippen LogP contribution in [-0.2, 0) is 11.3 Å². The van der Waals surface area contributed by atoms with Gasteiger partial charge in [-0.2, -0.15) is 0 Å². The molecule has 0 aliphatic carbocycles. The van der Waals surface area contributed by atoms with Gasteiger partial charge >= 0.3 is 0 Å². The second-order valence-electron chi connectivity index (χ2n) is 3.36. The Balaban J connectivity index is 2.17. The number of benzene rings is 1. The summed E-state index contributed by atoms with van der Waals surface area (Å²) in [7, 11) is 0. The van der Waals surface area contributed by atoms with Crippen LogP contribution in [0.5, 0.6) is 0 Å². The van der Waals surface area contributed by atoms with Crippen molar-refractivity contribution in [1.82, 2.24) is 4.90 Å². The molecular weight excluding hydrogens is 194 g/mol. The standard InChI is InChI=1S/C11H13NOS/c13-7-5-12-6-8-14-11-4-2-1-3-10(11)9-12/h1-4,7H,5-6,8-9H2. The van der Waals surface area contributed by atoms with Crippen LogP contribution in [0.3, 0.4) is 0 Å². The SMILES string of the molecule is O=CCN1CCSc2ccccc2C1. The maximum absolute atomic E-state index is 10.4. The smallest absolute Gasteiger partial charge is 0.133 e. The number of hydrogen-bond acceptors (Lipinski definition) is 3. The van der Waals surface area contributed by atoms with Gasteiger partial charge in [0, 0.05) is 23.7 Å². The molecule has 0 N–H and O–H groups in total. The fraction of sp³-hybridized carbons (Fsp3) is 0.364. The molecule has 1 aromatic rings. The molecule has 0 saturated carbocycles. The number of nitrogens with zero attached hydrogens (tertiary/aromatic N) is 1. The van der Waals surface area contributed by atoms with Gasteiger partial charge in [0.25, 0.3) is 0 Å². The van der Waals surface area contributed by atoms with Crippen LogP contribution in [0.4, 0.5) is 0 Å². The third-order valence-corrected chi connectivity index (χ3v) is 3.46. The van der Waals surface area contributed by atoms with Crippen LogP contribution in [-0.4, -0.2) is 30.0 Å². The summed E-state index contributed by atoms with van der Waals surface area (Å²) < 4.78 is 0. The zero-order valence-corrected chi connectivity index (χ0v) is 8.80. The summed E-state index contributed by atoms with van der Waals surface area (Å²) in [5.74, 6) is 1.07. The summed E-state index contributed by atoms with van der Waals surface area (Å²) in [5, 5.41) is 0. The highest BCUT2D eigenvalue weighted by Crippen LogP contribution is 2.26. The lowest BCUT2D eigenvalue weighted by molar-refractivity contribution is -0.108. The predicted octanol–water partition coefficient (Wildman–Crippen LogP) is 1.79. The number of hydrogen-bond donors (Lipinski definition) is 0. The van der Waals surface area contributed by atoms with Crippen molar-refractivity contribution in [3.8, 4) is 0 Å². The molecule has 0 aromatic heterocycles. The van der Waals surface area contributed by atoms with Gasteiger partial charge in [-0.05, 0) is 11.6 Å². The summed E-state index contributed by atoms with van der Waals surface area (Å²) in [6.07, 6.45) is 0.985. The van der Waals surface area contributed by atoms with E-state index in [9.17, 15) is 4.79 Å². The fourth-order valence-electron chi connectivity index (χ4n) is 1.64. The maximum Gasteiger partial charge on any atom is 0.133 e. The van der Waals surface area contributed by atoms with Crippen LogP contribution in [0.2, 0.25) is 0 Å². The zero-order chi connectivity index (χ0) is 9.80. The van der Waals surface area contributed by atoms with Gasteiger partial charge in [-0.15, -0.1) is 11.8 Å². The summed E-state index contributed by atoms with van der Waals surface area (Å²) in [5.41, 5.74) is 1.34. The number of aldehydes is 1. The minimum atomic E-state index is 0.550. The largest absolute Gasteiger partial charge is 0.302 e. The molecule has 0 unspecified atom stereocenters. The van der Waals surface area contributed by atoms with Crippen LogP contribution in [0.15, 0.2) is 29.2 Å². The van der Waals surface area contributed by atoms with E-state index in [4.69, 9.17) is 0 Å². The van der Waals surface area contributed by atoms with Gasteiger partial charge < -0.3 is 4.79 Å². The summed E-state index contributed by atoms with van der Waals surface area (Å²) in [6.45, 7) is 2.45. The molecule has 0 spiro atoms. The van der Waals surface area contributed by atoms with Gasteiger partial charge in [0.15, 0.2) is 0 Å². The second-order valence-corrected chi connectivity index (χ2v) is 4.49. The minimum absolute atomic E-state index is 0.550. The van der Waals surface area contributed by atoms with Crippen LogP contribution in [0.25, 0.3) is 0 Å². The van der Waals surface area contributed by atoms with Crippen molar-refractivity contribution in [3.05, 3.63) is 29.8 Å². The van der Waals surface area contributed by atoms with Crippen LogP contribution in [0, 0.1) is 0 Å². The van der Waals surface area contributed by atoms with Crippen molar-refractivity contribution in [2.24, 2.45) is 0 Å². The fourth-order valence-corrected chi connectivity index (χ4v) is 2.70. The van der Waals surface area contributed by atoms with Crippen molar-refractivity contribution in [2.45, 2.75) is 11.4 Å². The highest BCUT2D eigenvalue weighted by molar-refractivity contribution is 7.99. The van der Waals surface area contributed by atoms with E-state index < -0.39 is 0 Å². The first-order valence-electron chi connectivity index (χ1n) is 4.77. The van der Waals surface area contributed by atoms with Crippen LogP contribution >= 0.6 is 11.8 Å². The Morgan fingerprint density at radius 3 is 3.14 bits per heavy atom. The first-order valence-corrected chi connectivity index (χ1v) is 5.75. The average molecular weight is 207 g/mol. The zero-order valence-electron chi connectivity index (χ0n) is 7.98. The van der Waals surface area contributed by atoms with Gasteiger partial charge in [0.2, 0.25) is 0 Å². The Morgan fingerprint density at radius 2 is 2.29 bits per heavy atom. The van der Waals surface area contributed by atoms with E-state index in [2.05, 4.69) is 29.2 Å². The topological polar surface area (TPSA) is 20.3 Å². The molecule has 0 bridgehead atoms.